The third-order valence-corrected chi connectivity index (χ3v) is 3.98. The van der Waals surface area contributed by atoms with E-state index in [0.29, 0.717) is 12.5 Å². The molecule has 1 aliphatic rings. The minimum Gasteiger partial charge on any atom is -0.342 e. The smallest absolute Gasteiger partial charge is 0.236 e. The van der Waals surface area contributed by atoms with Gasteiger partial charge >= 0.3 is 0 Å². The first-order valence-corrected chi connectivity index (χ1v) is 7.84. The number of amides is 1. The molecular formula is C15H31N3O. The Morgan fingerprint density at radius 3 is 2.53 bits per heavy atom. The lowest BCUT2D eigenvalue weighted by Crippen LogP contribution is -2.47. The van der Waals surface area contributed by atoms with Crippen LogP contribution in [0.4, 0.5) is 0 Å². The van der Waals surface area contributed by atoms with Gasteiger partial charge in [0.1, 0.15) is 0 Å². The number of nitrogens with zero attached hydrogens (tertiary/aromatic N) is 2. The van der Waals surface area contributed by atoms with Crippen LogP contribution in [0.1, 0.15) is 46.5 Å². The highest BCUT2D eigenvalue weighted by molar-refractivity contribution is 5.78. The van der Waals surface area contributed by atoms with Crippen LogP contribution in [0, 0.1) is 5.92 Å². The van der Waals surface area contributed by atoms with Crippen LogP contribution in [-0.2, 0) is 4.79 Å². The molecule has 0 aromatic rings. The van der Waals surface area contributed by atoms with Gasteiger partial charge in [-0.05, 0) is 45.1 Å². The highest BCUT2D eigenvalue weighted by Crippen LogP contribution is 2.18. The molecule has 4 heteroatoms. The lowest BCUT2D eigenvalue weighted by molar-refractivity contribution is -0.133. The standard InChI is InChI=1S/C15H31N3O/c1-4-8-18(9-5-2)15(19)12-17-10-6-7-14(11-17)13(3)16/h13-14H,4-12,16H2,1-3H3. The molecule has 0 aliphatic carbocycles. The summed E-state index contributed by atoms with van der Waals surface area (Å²) in [6.45, 7) is 10.7. The third kappa shape index (κ3) is 5.49. The first-order chi connectivity index (χ1) is 9.08. The van der Waals surface area contributed by atoms with Crippen LogP contribution < -0.4 is 5.73 Å². The molecule has 1 fully saturated rings. The molecule has 1 rings (SSSR count). The zero-order valence-corrected chi connectivity index (χ0v) is 12.9. The molecule has 1 aliphatic heterocycles. The van der Waals surface area contributed by atoms with Gasteiger partial charge in [-0.1, -0.05) is 13.8 Å². The first kappa shape index (κ1) is 16.4. The Hall–Kier alpha value is -0.610. The minimum absolute atomic E-state index is 0.236. The van der Waals surface area contributed by atoms with E-state index in [1.165, 1.54) is 12.8 Å². The van der Waals surface area contributed by atoms with Crippen LogP contribution in [0.2, 0.25) is 0 Å². The second-order valence-corrected chi connectivity index (χ2v) is 5.88. The Morgan fingerprint density at radius 2 is 2.00 bits per heavy atom. The zero-order valence-electron chi connectivity index (χ0n) is 12.9. The fourth-order valence-corrected chi connectivity index (χ4v) is 2.86. The van der Waals surface area contributed by atoms with Crippen molar-refractivity contribution in [3.8, 4) is 0 Å². The van der Waals surface area contributed by atoms with Crippen LogP contribution in [0.25, 0.3) is 0 Å². The van der Waals surface area contributed by atoms with Gasteiger partial charge in [-0.25, -0.2) is 0 Å². The summed E-state index contributed by atoms with van der Waals surface area (Å²) < 4.78 is 0. The van der Waals surface area contributed by atoms with Gasteiger partial charge in [0.25, 0.3) is 0 Å². The summed E-state index contributed by atoms with van der Waals surface area (Å²) in [5.41, 5.74) is 5.99. The number of carbonyl (C=O) groups is 1. The van der Waals surface area contributed by atoms with E-state index in [9.17, 15) is 4.79 Å². The summed E-state index contributed by atoms with van der Waals surface area (Å²) in [6, 6.07) is 0.236. The van der Waals surface area contributed by atoms with Gasteiger partial charge in [-0.3, -0.25) is 9.69 Å². The van der Waals surface area contributed by atoms with Crippen LogP contribution in [0.3, 0.4) is 0 Å². The van der Waals surface area contributed by atoms with Gasteiger partial charge in [0.15, 0.2) is 0 Å². The van der Waals surface area contributed by atoms with Gasteiger partial charge < -0.3 is 10.6 Å². The topological polar surface area (TPSA) is 49.6 Å². The average molecular weight is 269 g/mol. The summed E-state index contributed by atoms with van der Waals surface area (Å²) in [7, 11) is 0. The van der Waals surface area contributed by atoms with Crippen molar-refractivity contribution in [2.45, 2.75) is 52.5 Å². The highest BCUT2D eigenvalue weighted by atomic mass is 16.2. The van der Waals surface area contributed by atoms with Gasteiger partial charge in [-0.2, -0.15) is 0 Å². The fourth-order valence-electron chi connectivity index (χ4n) is 2.86. The van der Waals surface area contributed by atoms with Crippen molar-refractivity contribution in [1.82, 2.24) is 9.80 Å². The maximum absolute atomic E-state index is 12.3. The van der Waals surface area contributed by atoms with Crippen LogP contribution in [-0.4, -0.2) is 54.5 Å². The Bertz CT molecular complexity index is 262. The molecule has 2 N–H and O–H groups in total. The van der Waals surface area contributed by atoms with E-state index < -0.39 is 0 Å². The van der Waals surface area contributed by atoms with Crippen molar-refractivity contribution in [2.75, 3.05) is 32.7 Å². The molecule has 2 atom stereocenters. The van der Waals surface area contributed by atoms with Crippen molar-refractivity contribution < 1.29 is 4.79 Å². The molecule has 1 saturated heterocycles. The van der Waals surface area contributed by atoms with Gasteiger partial charge in [-0.15, -0.1) is 0 Å². The molecule has 1 heterocycles. The Morgan fingerprint density at radius 1 is 1.37 bits per heavy atom. The first-order valence-electron chi connectivity index (χ1n) is 7.84. The summed E-state index contributed by atoms with van der Waals surface area (Å²) in [6.07, 6.45) is 4.44. The van der Waals surface area contributed by atoms with Gasteiger partial charge in [0, 0.05) is 25.7 Å². The van der Waals surface area contributed by atoms with Crippen molar-refractivity contribution >= 4 is 5.91 Å². The maximum Gasteiger partial charge on any atom is 0.236 e. The lowest BCUT2D eigenvalue weighted by atomic mass is 9.92. The van der Waals surface area contributed by atoms with Crippen LogP contribution >= 0.6 is 0 Å². The minimum atomic E-state index is 0.236. The largest absolute Gasteiger partial charge is 0.342 e. The summed E-state index contributed by atoms with van der Waals surface area (Å²) in [4.78, 5) is 16.6. The molecular weight excluding hydrogens is 238 g/mol. The molecule has 4 nitrogen and oxygen atoms in total. The summed E-state index contributed by atoms with van der Waals surface area (Å²) >= 11 is 0. The predicted octanol–water partition coefficient (Wildman–Crippen LogP) is 1.69. The van der Waals surface area contributed by atoms with Gasteiger partial charge in [0.2, 0.25) is 5.91 Å². The SMILES string of the molecule is CCCN(CCC)C(=O)CN1CCCC(C(C)N)C1. The number of nitrogens with two attached hydrogens (primary N) is 1. The van der Waals surface area contributed by atoms with Gasteiger partial charge in [0.05, 0.1) is 6.54 Å². The van der Waals surface area contributed by atoms with E-state index >= 15 is 0 Å². The van der Waals surface area contributed by atoms with Crippen molar-refractivity contribution in [1.29, 1.82) is 0 Å². The molecule has 0 radical (unpaired) electrons. The van der Waals surface area contributed by atoms with Crippen molar-refractivity contribution in [3.05, 3.63) is 0 Å². The van der Waals surface area contributed by atoms with E-state index in [1.807, 2.05) is 4.90 Å². The molecule has 1 amide bonds. The molecule has 0 aromatic carbocycles. The van der Waals surface area contributed by atoms with E-state index in [-0.39, 0.29) is 11.9 Å². The van der Waals surface area contributed by atoms with Crippen LogP contribution in [0.15, 0.2) is 0 Å². The second-order valence-electron chi connectivity index (χ2n) is 5.88. The number of likely N-dealkylation sites (tertiary alicyclic amines) is 1. The molecule has 0 spiro atoms. The van der Waals surface area contributed by atoms with Crippen molar-refractivity contribution in [3.63, 3.8) is 0 Å². The fraction of sp³-hybridized carbons (Fsp3) is 0.933. The maximum atomic E-state index is 12.3. The number of hydrogen-bond donors (Lipinski definition) is 1. The Labute approximate surface area is 118 Å². The molecule has 112 valence electrons. The molecule has 0 saturated carbocycles. The molecule has 0 bridgehead atoms. The number of rotatable bonds is 7. The molecule has 19 heavy (non-hydrogen) atoms. The molecule has 0 aromatic heterocycles. The van der Waals surface area contributed by atoms with E-state index in [0.717, 1.165) is 39.0 Å². The third-order valence-electron chi connectivity index (χ3n) is 3.98. The lowest BCUT2D eigenvalue weighted by Gasteiger charge is -2.35. The predicted molar refractivity (Wildman–Crippen MR) is 80.0 cm³/mol. The van der Waals surface area contributed by atoms with E-state index in [2.05, 4.69) is 25.7 Å². The van der Waals surface area contributed by atoms with Crippen molar-refractivity contribution in [2.24, 2.45) is 11.7 Å². The summed E-state index contributed by atoms with van der Waals surface area (Å²) in [5, 5.41) is 0. The highest BCUT2D eigenvalue weighted by Gasteiger charge is 2.25. The number of carbonyl (C=O) groups excluding carboxylic acids is 1. The van der Waals surface area contributed by atoms with E-state index in [4.69, 9.17) is 5.73 Å². The number of piperidine rings is 1. The zero-order chi connectivity index (χ0) is 14.3. The monoisotopic (exact) mass is 269 g/mol. The molecule has 2 unspecified atom stereocenters. The quantitative estimate of drug-likeness (QED) is 0.765. The van der Waals surface area contributed by atoms with E-state index in [1.54, 1.807) is 0 Å². The summed E-state index contributed by atoms with van der Waals surface area (Å²) in [5.74, 6) is 0.835. The normalized spacial score (nSPS) is 22.2. The Balaban J connectivity index is 2.45. The van der Waals surface area contributed by atoms with Crippen LogP contribution in [0.5, 0.6) is 0 Å². The average Bonchev–Trinajstić information content (AvgIpc) is 2.38. The number of hydrogen-bond acceptors (Lipinski definition) is 3. The Kier molecular flexibility index (Phi) is 7.39. The second kappa shape index (κ2) is 8.54.